The van der Waals surface area contributed by atoms with Crippen molar-refractivity contribution in [2.24, 2.45) is 5.92 Å². The average molecular weight is 277 g/mol. The van der Waals surface area contributed by atoms with E-state index < -0.39 is 5.97 Å². The van der Waals surface area contributed by atoms with Gasteiger partial charge in [-0.05, 0) is 36.5 Å². The molecule has 2 N–H and O–H groups in total. The zero-order chi connectivity index (χ0) is 14.2. The number of carboxylic acid groups (broad SMARTS) is 1. The van der Waals surface area contributed by atoms with Crippen molar-refractivity contribution in [2.75, 3.05) is 13.2 Å². The maximum atomic E-state index is 10.4. The largest absolute Gasteiger partial charge is 0.493 e. The first-order valence-corrected chi connectivity index (χ1v) is 7.38. The molecule has 0 unspecified atom stereocenters. The average Bonchev–Trinajstić information content (AvgIpc) is 2.96. The number of aliphatic carboxylic acids is 1. The van der Waals surface area contributed by atoms with Gasteiger partial charge < -0.3 is 15.2 Å². The Kier molecular flexibility index (Phi) is 5.87. The molecule has 20 heavy (non-hydrogen) atoms. The predicted octanol–water partition coefficient (Wildman–Crippen LogP) is 2.82. The lowest BCUT2D eigenvalue weighted by Gasteiger charge is -2.11. The third kappa shape index (κ3) is 5.21. The minimum atomic E-state index is -0.770. The molecule has 0 aromatic heterocycles. The molecule has 0 radical (unpaired) electrons. The third-order valence-corrected chi connectivity index (χ3v) is 3.73. The molecule has 0 amide bonds. The fourth-order valence-electron chi connectivity index (χ4n) is 2.52. The van der Waals surface area contributed by atoms with E-state index in [4.69, 9.17) is 9.84 Å². The number of hydrogen-bond donors (Lipinski definition) is 2. The van der Waals surface area contributed by atoms with Crippen LogP contribution in [0.5, 0.6) is 5.75 Å². The van der Waals surface area contributed by atoms with Crippen LogP contribution < -0.4 is 10.1 Å². The maximum absolute atomic E-state index is 10.4. The van der Waals surface area contributed by atoms with E-state index in [2.05, 4.69) is 5.32 Å². The van der Waals surface area contributed by atoms with Gasteiger partial charge in [-0.3, -0.25) is 4.79 Å². The second-order valence-electron chi connectivity index (χ2n) is 5.43. The highest BCUT2D eigenvalue weighted by atomic mass is 16.5. The monoisotopic (exact) mass is 277 g/mol. The molecule has 2 rings (SSSR count). The summed E-state index contributed by atoms with van der Waals surface area (Å²) in [4.78, 5) is 10.4. The Bertz CT molecular complexity index is 410. The molecule has 0 spiro atoms. The number of ether oxygens (including phenoxy) is 1. The van der Waals surface area contributed by atoms with Crippen molar-refractivity contribution in [3.05, 3.63) is 29.8 Å². The van der Waals surface area contributed by atoms with Crippen molar-refractivity contribution in [3.8, 4) is 5.75 Å². The Hall–Kier alpha value is -1.55. The van der Waals surface area contributed by atoms with Crippen LogP contribution in [-0.4, -0.2) is 24.2 Å². The molecule has 0 atom stereocenters. The minimum Gasteiger partial charge on any atom is -0.493 e. The van der Waals surface area contributed by atoms with Gasteiger partial charge in [0.15, 0.2) is 0 Å². The fraction of sp³-hybridized carbons (Fsp3) is 0.562. The van der Waals surface area contributed by atoms with Gasteiger partial charge in [-0.25, -0.2) is 0 Å². The Morgan fingerprint density at radius 3 is 2.60 bits per heavy atom. The predicted molar refractivity (Wildman–Crippen MR) is 77.9 cm³/mol. The van der Waals surface area contributed by atoms with Gasteiger partial charge in [0.25, 0.3) is 0 Å². The Morgan fingerprint density at radius 1 is 1.25 bits per heavy atom. The van der Waals surface area contributed by atoms with Gasteiger partial charge in [0.05, 0.1) is 13.0 Å². The summed E-state index contributed by atoms with van der Waals surface area (Å²) in [5.41, 5.74) is 1.14. The van der Waals surface area contributed by atoms with Crippen molar-refractivity contribution in [3.63, 3.8) is 0 Å². The summed E-state index contributed by atoms with van der Waals surface area (Å²) in [6, 6.07) is 8.03. The second kappa shape index (κ2) is 7.90. The number of carboxylic acids is 1. The molecule has 110 valence electrons. The highest BCUT2D eigenvalue weighted by Gasteiger charge is 2.15. The summed E-state index contributed by atoms with van der Waals surface area (Å²) in [6.07, 6.45) is 5.43. The molecule has 0 bridgehead atoms. The third-order valence-electron chi connectivity index (χ3n) is 3.73. The van der Waals surface area contributed by atoms with Gasteiger partial charge in [0, 0.05) is 13.1 Å². The fourth-order valence-corrected chi connectivity index (χ4v) is 2.52. The Morgan fingerprint density at radius 2 is 1.95 bits per heavy atom. The van der Waals surface area contributed by atoms with Crippen LogP contribution in [0.25, 0.3) is 0 Å². The number of nitrogens with one attached hydrogen (secondary N) is 1. The zero-order valence-electron chi connectivity index (χ0n) is 11.8. The van der Waals surface area contributed by atoms with E-state index >= 15 is 0 Å². The molecule has 1 fully saturated rings. The topological polar surface area (TPSA) is 58.6 Å². The van der Waals surface area contributed by atoms with Crippen LogP contribution in [0.15, 0.2) is 24.3 Å². The molecular weight excluding hydrogens is 254 g/mol. The lowest BCUT2D eigenvalue weighted by atomic mass is 10.1. The van der Waals surface area contributed by atoms with Crippen LogP contribution in [0.2, 0.25) is 0 Å². The van der Waals surface area contributed by atoms with Gasteiger partial charge in [-0.2, -0.15) is 0 Å². The molecule has 1 aliphatic carbocycles. The van der Waals surface area contributed by atoms with Crippen molar-refractivity contribution in [1.29, 1.82) is 0 Å². The van der Waals surface area contributed by atoms with Crippen LogP contribution in [0.4, 0.5) is 0 Å². The van der Waals surface area contributed by atoms with E-state index in [1.54, 1.807) is 0 Å². The molecule has 1 aromatic rings. The quantitative estimate of drug-likeness (QED) is 0.717. The number of hydrogen-bond acceptors (Lipinski definition) is 3. The van der Waals surface area contributed by atoms with Gasteiger partial charge in [-0.1, -0.05) is 25.0 Å². The summed E-state index contributed by atoms with van der Waals surface area (Å²) >= 11 is 0. The molecule has 1 aromatic carbocycles. The SMILES string of the molecule is O=C(O)CCNCc1ccc(OCC2CCCC2)cc1. The van der Waals surface area contributed by atoms with Gasteiger partial charge >= 0.3 is 5.97 Å². The molecule has 4 heteroatoms. The first kappa shape index (κ1) is 14.9. The lowest BCUT2D eigenvalue weighted by Crippen LogP contribution is -2.17. The molecule has 0 heterocycles. The van der Waals surface area contributed by atoms with Crippen molar-refractivity contribution in [2.45, 2.75) is 38.6 Å². The van der Waals surface area contributed by atoms with Gasteiger partial charge in [0.1, 0.15) is 5.75 Å². The van der Waals surface area contributed by atoms with Crippen molar-refractivity contribution >= 4 is 5.97 Å². The molecule has 0 aliphatic heterocycles. The second-order valence-corrected chi connectivity index (χ2v) is 5.43. The van der Waals surface area contributed by atoms with Gasteiger partial charge in [-0.15, -0.1) is 0 Å². The van der Waals surface area contributed by atoms with Crippen molar-refractivity contribution < 1.29 is 14.6 Å². The van der Waals surface area contributed by atoms with E-state index in [1.165, 1.54) is 25.7 Å². The van der Waals surface area contributed by atoms with Crippen LogP contribution in [0.3, 0.4) is 0 Å². The maximum Gasteiger partial charge on any atom is 0.304 e. The molecule has 1 aliphatic rings. The van der Waals surface area contributed by atoms with Crippen molar-refractivity contribution in [1.82, 2.24) is 5.32 Å². The van der Waals surface area contributed by atoms with E-state index in [-0.39, 0.29) is 6.42 Å². The summed E-state index contributed by atoms with van der Waals surface area (Å²) in [5, 5.41) is 11.6. The van der Waals surface area contributed by atoms with Gasteiger partial charge in [0.2, 0.25) is 0 Å². The van der Waals surface area contributed by atoms with Crippen LogP contribution in [-0.2, 0) is 11.3 Å². The molecule has 4 nitrogen and oxygen atoms in total. The highest BCUT2D eigenvalue weighted by molar-refractivity contribution is 5.66. The normalized spacial score (nSPS) is 15.4. The number of rotatable bonds is 8. The highest BCUT2D eigenvalue weighted by Crippen LogP contribution is 2.25. The van der Waals surface area contributed by atoms with E-state index in [1.807, 2.05) is 24.3 Å². The summed E-state index contributed by atoms with van der Waals surface area (Å²) in [7, 11) is 0. The molecular formula is C16H23NO3. The number of carbonyl (C=O) groups is 1. The smallest absolute Gasteiger partial charge is 0.304 e. The Labute approximate surface area is 120 Å². The standard InChI is InChI=1S/C16H23NO3/c18-16(19)9-10-17-11-13-5-7-15(8-6-13)20-12-14-3-1-2-4-14/h5-8,14,17H,1-4,9-12H2,(H,18,19). The van der Waals surface area contributed by atoms with E-state index in [0.717, 1.165) is 23.8 Å². The first-order valence-electron chi connectivity index (χ1n) is 7.38. The zero-order valence-corrected chi connectivity index (χ0v) is 11.8. The summed E-state index contributed by atoms with van der Waals surface area (Å²) in [5.74, 6) is 0.881. The van der Waals surface area contributed by atoms with E-state index in [9.17, 15) is 4.79 Å². The molecule has 0 saturated heterocycles. The summed E-state index contributed by atoms with van der Waals surface area (Å²) in [6.45, 7) is 2.02. The Balaban J connectivity index is 1.67. The molecule has 1 saturated carbocycles. The van der Waals surface area contributed by atoms with Crippen LogP contribution in [0, 0.1) is 5.92 Å². The lowest BCUT2D eigenvalue weighted by molar-refractivity contribution is -0.136. The van der Waals surface area contributed by atoms with E-state index in [0.29, 0.717) is 13.1 Å². The first-order chi connectivity index (χ1) is 9.74. The summed E-state index contributed by atoms with van der Waals surface area (Å²) < 4.78 is 5.80. The minimum absolute atomic E-state index is 0.155. The van der Waals surface area contributed by atoms with Crippen LogP contribution >= 0.6 is 0 Å². The number of benzene rings is 1. The van der Waals surface area contributed by atoms with Crippen LogP contribution in [0.1, 0.15) is 37.7 Å².